The van der Waals surface area contributed by atoms with Crippen LogP contribution in [0.5, 0.6) is 0 Å². The lowest BCUT2D eigenvalue weighted by atomic mass is 9.90. The summed E-state index contributed by atoms with van der Waals surface area (Å²) >= 11 is 0. The molecule has 0 aliphatic heterocycles. The van der Waals surface area contributed by atoms with Crippen LogP contribution in [0, 0.1) is 0 Å². The van der Waals surface area contributed by atoms with Gasteiger partial charge in [0.05, 0.1) is 24.7 Å². The number of methoxy groups -OCH3 is 1. The lowest BCUT2D eigenvalue weighted by molar-refractivity contribution is -0.162. The number of halogens is 6. The van der Waals surface area contributed by atoms with Gasteiger partial charge in [-0.25, -0.2) is 4.79 Å². The Hall–Kier alpha value is -3.24. The third-order valence-electron chi connectivity index (χ3n) is 4.65. The fourth-order valence-corrected chi connectivity index (χ4v) is 3.30. The largest absolute Gasteiger partial charge is 0.481 e. The fourth-order valence-electron chi connectivity index (χ4n) is 3.30. The van der Waals surface area contributed by atoms with Crippen LogP contribution in [0.25, 0.3) is 11.1 Å². The molecule has 11 heteroatoms. The lowest BCUT2D eigenvalue weighted by Crippen LogP contribution is -2.30. The van der Waals surface area contributed by atoms with Crippen molar-refractivity contribution in [1.82, 2.24) is 4.90 Å². The van der Waals surface area contributed by atoms with Crippen LogP contribution in [0.4, 0.5) is 31.1 Å². The van der Waals surface area contributed by atoms with E-state index in [2.05, 4.69) is 4.74 Å². The molecule has 0 bridgehead atoms. The van der Waals surface area contributed by atoms with Crippen LogP contribution in [0.3, 0.4) is 0 Å². The Labute approximate surface area is 179 Å². The van der Waals surface area contributed by atoms with Crippen LogP contribution in [0.2, 0.25) is 0 Å². The predicted octanol–water partition coefficient (Wildman–Crippen LogP) is 5.61. The van der Waals surface area contributed by atoms with Crippen LogP contribution >= 0.6 is 0 Å². The van der Waals surface area contributed by atoms with Crippen molar-refractivity contribution in [2.24, 2.45) is 0 Å². The van der Waals surface area contributed by atoms with Gasteiger partial charge in [-0.15, -0.1) is 0 Å². The maximum Gasteiger partial charge on any atom is 0.417 e. The highest BCUT2D eigenvalue weighted by Gasteiger charge is 2.45. The molecule has 1 N–H and O–H groups in total. The number of ether oxygens (including phenoxy) is 1. The number of rotatable bonds is 6. The summed E-state index contributed by atoms with van der Waals surface area (Å²) in [6.45, 7) is 1.76. The Morgan fingerprint density at radius 1 is 1.00 bits per heavy atom. The van der Waals surface area contributed by atoms with Gasteiger partial charge < -0.3 is 14.7 Å². The Bertz CT molecular complexity index is 1000. The van der Waals surface area contributed by atoms with E-state index in [1.807, 2.05) is 0 Å². The molecule has 0 unspecified atom stereocenters. The molecule has 0 spiro atoms. The van der Waals surface area contributed by atoms with Gasteiger partial charge in [-0.2, -0.15) is 26.3 Å². The molecule has 0 aliphatic rings. The van der Waals surface area contributed by atoms with Gasteiger partial charge in [-0.05, 0) is 41.3 Å². The first-order chi connectivity index (χ1) is 14.8. The number of carboxylic acids is 1. The molecule has 2 aromatic rings. The number of aliphatic carboxylic acids is 1. The van der Waals surface area contributed by atoms with Crippen molar-refractivity contribution < 1.29 is 45.8 Å². The van der Waals surface area contributed by atoms with Gasteiger partial charge in [0.15, 0.2) is 0 Å². The number of alkyl halides is 6. The number of hydrogen-bond acceptors (Lipinski definition) is 3. The van der Waals surface area contributed by atoms with Gasteiger partial charge in [-0.3, -0.25) is 4.79 Å². The highest BCUT2D eigenvalue weighted by molar-refractivity contribution is 5.76. The number of carboxylic acid groups (broad SMARTS) is 1. The van der Waals surface area contributed by atoms with Gasteiger partial charge in [-0.1, -0.05) is 24.3 Å². The maximum absolute atomic E-state index is 13.6. The summed E-state index contributed by atoms with van der Waals surface area (Å²) in [6, 6.07) is 7.04. The molecule has 0 saturated heterocycles. The van der Waals surface area contributed by atoms with E-state index in [1.165, 1.54) is 23.1 Å². The van der Waals surface area contributed by atoms with Gasteiger partial charge in [0.1, 0.15) is 0 Å². The second-order valence-electron chi connectivity index (χ2n) is 6.77. The van der Waals surface area contributed by atoms with E-state index < -0.39 is 47.5 Å². The molecule has 0 fully saturated rings. The number of nitrogens with zero attached hydrogens (tertiary/aromatic N) is 1. The first kappa shape index (κ1) is 25.0. The Morgan fingerprint density at radius 2 is 1.62 bits per heavy atom. The maximum atomic E-state index is 13.6. The van der Waals surface area contributed by atoms with Gasteiger partial charge in [0, 0.05) is 13.1 Å². The number of amides is 1. The van der Waals surface area contributed by atoms with E-state index in [1.54, 1.807) is 13.0 Å². The molecule has 0 saturated carbocycles. The minimum Gasteiger partial charge on any atom is -0.481 e. The van der Waals surface area contributed by atoms with Crippen molar-refractivity contribution >= 4 is 12.1 Å². The van der Waals surface area contributed by atoms with Crippen LogP contribution in [0.15, 0.2) is 36.4 Å². The molecular weight excluding hydrogens is 444 g/mol. The van der Waals surface area contributed by atoms with E-state index in [-0.39, 0.29) is 24.2 Å². The van der Waals surface area contributed by atoms with Crippen LogP contribution < -0.4 is 0 Å². The summed E-state index contributed by atoms with van der Waals surface area (Å²) in [4.78, 5) is 24.2. The SMILES string of the molecule is CCN(Cc1ccccc1-c1cc(CC(=O)O)c(C(F)(F)F)c(C(F)(F)F)c1)C(=O)OC. The second-order valence-corrected chi connectivity index (χ2v) is 6.77. The van der Waals surface area contributed by atoms with Crippen molar-refractivity contribution in [3.63, 3.8) is 0 Å². The summed E-state index contributed by atoms with van der Waals surface area (Å²) in [5.41, 5.74) is -4.80. The van der Waals surface area contributed by atoms with E-state index in [9.17, 15) is 35.9 Å². The van der Waals surface area contributed by atoms with E-state index in [0.29, 0.717) is 11.6 Å². The molecule has 2 rings (SSSR count). The molecule has 2 aromatic carbocycles. The minimum absolute atomic E-state index is 0.0873. The average molecular weight is 463 g/mol. The highest BCUT2D eigenvalue weighted by atomic mass is 19.4. The summed E-state index contributed by atoms with van der Waals surface area (Å²) < 4.78 is 85.9. The quantitative estimate of drug-likeness (QED) is 0.566. The first-order valence-electron chi connectivity index (χ1n) is 9.23. The first-order valence-corrected chi connectivity index (χ1v) is 9.23. The van der Waals surface area contributed by atoms with Crippen molar-refractivity contribution in [3.05, 3.63) is 58.7 Å². The zero-order valence-corrected chi connectivity index (χ0v) is 17.0. The summed E-state index contributed by atoms with van der Waals surface area (Å²) in [6.07, 6.45) is -12.8. The summed E-state index contributed by atoms with van der Waals surface area (Å²) in [5, 5.41) is 9.00. The summed E-state index contributed by atoms with van der Waals surface area (Å²) in [7, 11) is 1.15. The molecule has 0 heterocycles. The monoisotopic (exact) mass is 463 g/mol. The molecule has 5 nitrogen and oxygen atoms in total. The zero-order chi connectivity index (χ0) is 24.3. The Morgan fingerprint density at radius 3 is 2.12 bits per heavy atom. The Balaban J connectivity index is 2.77. The van der Waals surface area contributed by atoms with E-state index in [0.717, 1.165) is 13.2 Å². The van der Waals surface area contributed by atoms with Crippen molar-refractivity contribution in [1.29, 1.82) is 0 Å². The van der Waals surface area contributed by atoms with Crippen LogP contribution in [-0.4, -0.2) is 35.7 Å². The number of carbonyl (C=O) groups is 2. The predicted molar refractivity (Wildman–Crippen MR) is 102 cm³/mol. The van der Waals surface area contributed by atoms with Crippen molar-refractivity contribution in [2.45, 2.75) is 32.2 Å². The topological polar surface area (TPSA) is 66.8 Å². The minimum atomic E-state index is -5.42. The molecule has 174 valence electrons. The normalized spacial score (nSPS) is 11.9. The smallest absolute Gasteiger partial charge is 0.417 e. The van der Waals surface area contributed by atoms with Gasteiger partial charge >= 0.3 is 24.4 Å². The van der Waals surface area contributed by atoms with Gasteiger partial charge in [0.2, 0.25) is 0 Å². The molecule has 0 aliphatic carbocycles. The highest BCUT2D eigenvalue weighted by Crippen LogP contribution is 2.44. The number of benzene rings is 2. The zero-order valence-electron chi connectivity index (χ0n) is 17.0. The van der Waals surface area contributed by atoms with Gasteiger partial charge in [0.25, 0.3) is 0 Å². The fraction of sp³-hybridized carbons (Fsp3) is 0.333. The molecule has 0 atom stereocenters. The van der Waals surface area contributed by atoms with Crippen LogP contribution in [-0.2, 0) is 34.8 Å². The number of hydrogen-bond donors (Lipinski definition) is 1. The average Bonchev–Trinajstić information content (AvgIpc) is 2.69. The lowest BCUT2D eigenvalue weighted by Gasteiger charge is -2.23. The number of carbonyl (C=O) groups excluding carboxylic acids is 1. The molecular formula is C21H19F6NO4. The second kappa shape index (κ2) is 9.49. The molecule has 1 amide bonds. The van der Waals surface area contributed by atoms with Crippen molar-refractivity contribution in [3.8, 4) is 11.1 Å². The molecule has 0 radical (unpaired) electrons. The van der Waals surface area contributed by atoms with E-state index in [4.69, 9.17) is 5.11 Å². The summed E-state index contributed by atoms with van der Waals surface area (Å²) in [5.74, 6) is -1.71. The third-order valence-corrected chi connectivity index (χ3v) is 4.65. The molecule has 32 heavy (non-hydrogen) atoms. The molecule has 0 aromatic heterocycles. The van der Waals surface area contributed by atoms with E-state index >= 15 is 0 Å². The standard InChI is InChI=1S/C21H19F6NO4/c1-3-28(19(31)32-2)11-12-6-4-5-7-15(12)13-8-14(10-17(29)30)18(21(25,26)27)16(9-13)20(22,23)24/h4-9H,3,10-11H2,1-2H3,(H,29,30). The Kier molecular flexibility index (Phi) is 7.42. The van der Waals surface area contributed by atoms with Crippen LogP contribution in [0.1, 0.15) is 29.2 Å². The third kappa shape index (κ3) is 5.71. The van der Waals surface area contributed by atoms with Crippen molar-refractivity contribution in [2.75, 3.05) is 13.7 Å².